The highest BCUT2D eigenvalue weighted by atomic mass is 16.8. The quantitative estimate of drug-likeness (QED) is 0.349. The van der Waals surface area contributed by atoms with E-state index in [0.717, 1.165) is 11.1 Å². The number of esters is 3. The number of carbonyl (C=O) groups is 3. The van der Waals surface area contributed by atoms with Crippen LogP contribution in [0.25, 0.3) is 0 Å². The highest BCUT2D eigenvalue weighted by Crippen LogP contribution is 2.32. The lowest BCUT2D eigenvalue weighted by Crippen LogP contribution is -2.39. The van der Waals surface area contributed by atoms with E-state index in [4.69, 9.17) is 23.7 Å². The van der Waals surface area contributed by atoms with Gasteiger partial charge in [0.15, 0.2) is 18.5 Å². The molecular formula is C26H26O8. The Kier molecular flexibility index (Phi) is 8.79. The summed E-state index contributed by atoms with van der Waals surface area (Å²) in [5.41, 5.74) is 2.57. The normalized spacial score (nSPS) is 17.4. The first-order chi connectivity index (χ1) is 16.5. The van der Waals surface area contributed by atoms with E-state index in [9.17, 15) is 14.4 Å². The molecule has 0 radical (unpaired) electrons. The number of carbonyl (C=O) groups excluding carboxylic acids is 3. The first-order valence-electron chi connectivity index (χ1n) is 11.0. The van der Waals surface area contributed by atoms with Gasteiger partial charge in [-0.2, -0.15) is 0 Å². The summed E-state index contributed by atoms with van der Waals surface area (Å²) in [6.07, 6.45) is -3.34. The third kappa shape index (κ3) is 6.22. The summed E-state index contributed by atoms with van der Waals surface area (Å²) in [7, 11) is 0. The molecule has 0 saturated carbocycles. The second-order valence-electron chi connectivity index (χ2n) is 7.12. The fraction of sp³-hybridized carbons (Fsp3) is 0.346. The summed E-state index contributed by atoms with van der Waals surface area (Å²) in [6, 6.07) is 13.9. The molecule has 8 heteroatoms. The largest absolute Gasteiger partial charge is 0.464 e. The molecule has 2 aromatic carbocycles. The molecule has 0 spiro atoms. The molecule has 8 nitrogen and oxygen atoms in total. The molecule has 1 fully saturated rings. The van der Waals surface area contributed by atoms with Crippen molar-refractivity contribution < 1.29 is 38.1 Å². The van der Waals surface area contributed by atoms with Gasteiger partial charge in [-0.3, -0.25) is 0 Å². The van der Waals surface area contributed by atoms with Gasteiger partial charge in [0.05, 0.1) is 25.4 Å². The van der Waals surface area contributed by atoms with Gasteiger partial charge in [0.25, 0.3) is 0 Å². The predicted octanol–water partition coefficient (Wildman–Crippen LogP) is 3.17. The topological polar surface area (TPSA) is 97.4 Å². The van der Waals surface area contributed by atoms with Crippen molar-refractivity contribution in [3.8, 4) is 11.8 Å². The third-order valence-electron chi connectivity index (χ3n) is 4.78. The molecule has 2 aromatic rings. The lowest BCUT2D eigenvalue weighted by atomic mass is 10.1. The van der Waals surface area contributed by atoms with Gasteiger partial charge in [0.2, 0.25) is 0 Å². The average Bonchev–Trinajstić information content (AvgIpc) is 3.30. The van der Waals surface area contributed by atoms with Crippen molar-refractivity contribution in [2.75, 3.05) is 19.8 Å². The van der Waals surface area contributed by atoms with Crippen LogP contribution in [-0.2, 0) is 33.3 Å². The van der Waals surface area contributed by atoms with E-state index in [0.29, 0.717) is 17.7 Å². The van der Waals surface area contributed by atoms with Crippen molar-refractivity contribution in [1.29, 1.82) is 0 Å². The first kappa shape index (κ1) is 25.0. The summed E-state index contributed by atoms with van der Waals surface area (Å²) >= 11 is 0. The fourth-order valence-electron chi connectivity index (χ4n) is 3.18. The van der Waals surface area contributed by atoms with Crippen molar-refractivity contribution >= 4 is 17.9 Å². The maximum atomic E-state index is 12.2. The summed E-state index contributed by atoms with van der Waals surface area (Å²) in [5.74, 6) is 4.34. The predicted molar refractivity (Wildman–Crippen MR) is 121 cm³/mol. The molecule has 0 N–H and O–H groups in total. The van der Waals surface area contributed by atoms with Crippen LogP contribution in [0.4, 0.5) is 0 Å². The average molecular weight is 466 g/mol. The van der Waals surface area contributed by atoms with Gasteiger partial charge < -0.3 is 23.7 Å². The molecule has 1 aliphatic rings. The van der Waals surface area contributed by atoms with E-state index in [1.807, 2.05) is 0 Å². The smallest absolute Gasteiger partial charge is 0.338 e. The standard InChI is InChI=1S/C26H26O8/c1-4-30-23(27)19-13-9-17(10-14-19)7-8-18-11-15-20(16-12-18)26-33-21(24(28)31-5-2)22(34-26)25(29)32-6-3/h9-16,21-22,26H,4-6H2,1-3H3/t21-,22-/m1/s1. The number of rotatable bonds is 7. The molecule has 2 atom stereocenters. The minimum atomic E-state index is -1.21. The van der Waals surface area contributed by atoms with Gasteiger partial charge >= 0.3 is 17.9 Å². The van der Waals surface area contributed by atoms with Crippen LogP contribution in [0.3, 0.4) is 0 Å². The van der Waals surface area contributed by atoms with E-state index in [1.54, 1.807) is 69.3 Å². The van der Waals surface area contributed by atoms with Crippen LogP contribution in [0.5, 0.6) is 0 Å². The van der Waals surface area contributed by atoms with Crippen LogP contribution in [0.1, 0.15) is 54.1 Å². The van der Waals surface area contributed by atoms with Crippen molar-refractivity contribution in [3.05, 3.63) is 70.8 Å². The number of hydrogen-bond acceptors (Lipinski definition) is 8. The zero-order valence-corrected chi connectivity index (χ0v) is 19.2. The van der Waals surface area contributed by atoms with Crippen molar-refractivity contribution in [1.82, 2.24) is 0 Å². The van der Waals surface area contributed by atoms with Crippen LogP contribution < -0.4 is 0 Å². The zero-order chi connectivity index (χ0) is 24.5. The molecule has 1 saturated heterocycles. The molecule has 1 aliphatic heterocycles. The van der Waals surface area contributed by atoms with Gasteiger partial charge in [0.1, 0.15) is 0 Å². The highest BCUT2D eigenvalue weighted by Gasteiger charge is 2.47. The molecule has 178 valence electrons. The maximum Gasteiger partial charge on any atom is 0.338 e. The molecule has 0 unspecified atom stereocenters. The van der Waals surface area contributed by atoms with E-state index in [1.165, 1.54) is 0 Å². The molecule has 1 heterocycles. The fourth-order valence-corrected chi connectivity index (χ4v) is 3.18. The Morgan fingerprint density at radius 2 is 1.15 bits per heavy atom. The Morgan fingerprint density at radius 3 is 1.59 bits per heavy atom. The van der Waals surface area contributed by atoms with Crippen molar-refractivity contribution in [2.24, 2.45) is 0 Å². The Labute approximate surface area is 198 Å². The summed E-state index contributed by atoms with van der Waals surface area (Å²) in [4.78, 5) is 36.2. The molecule has 3 rings (SSSR count). The van der Waals surface area contributed by atoms with E-state index in [2.05, 4.69) is 11.8 Å². The maximum absolute atomic E-state index is 12.2. The van der Waals surface area contributed by atoms with Crippen LogP contribution in [0.15, 0.2) is 48.5 Å². The minimum Gasteiger partial charge on any atom is -0.464 e. The van der Waals surface area contributed by atoms with Crippen LogP contribution in [-0.4, -0.2) is 49.9 Å². The third-order valence-corrected chi connectivity index (χ3v) is 4.78. The Morgan fingerprint density at radius 1 is 0.706 bits per heavy atom. The Balaban J connectivity index is 1.69. The molecule has 0 aromatic heterocycles. The van der Waals surface area contributed by atoms with Gasteiger partial charge in [-0.15, -0.1) is 0 Å². The lowest BCUT2D eigenvalue weighted by Gasteiger charge is -2.13. The van der Waals surface area contributed by atoms with Crippen molar-refractivity contribution in [3.63, 3.8) is 0 Å². The van der Waals surface area contributed by atoms with Crippen molar-refractivity contribution in [2.45, 2.75) is 39.3 Å². The molecule has 34 heavy (non-hydrogen) atoms. The highest BCUT2D eigenvalue weighted by molar-refractivity contribution is 5.89. The molecule has 0 amide bonds. The number of benzene rings is 2. The van der Waals surface area contributed by atoms with Crippen LogP contribution >= 0.6 is 0 Å². The van der Waals surface area contributed by atoms with Gasteiger partial charge in [0, 0.05) is 16.7 Å². The number of ether oxygens (including phenoxy) is 5. The summed E-state index contributed by atoms with van der Waals surface area (Å²) in [5, 5.41) is 0. The van der Waals surface area contributed by atoms with Crippen LogP contribution in [0, 0.1) is 11.8 Å². The van der Waals surface area contributed by atoms with Crippen LogP contribution in [0.2, 0.25) is 0 Å². The molecule has 0 bridgehead atoms. The SMILES string of the molecule is CCOC(=O)c1ccc(C#Cc2ccc(C3O[C@@H](C(=O)OCC)[C@H](C(=O)OCC)O3)cc2)cc1. The Hall–Kier alpha value is -3.67. The summed E-state index contributed by atoms with van der Waals surface area (Å²) < 4.78 is 26.3. The van der Waals surface area contributed by atoms with Gasteiger partial charge in [-0.25, -0.2) is 14.4 Å². The second kappa shape index (κ2) is 12.0. The minimum absolute atomic E-state index is 0.151. The zero-order valence-electron chi connectivity index (χ0n) is 19.2. The summed E-state index contributed by atoms with van der Waals surface area (Å²) in [6.45, 7) is 5.71. The second-order valence-corrected chi connectivity index (χ2v) is 7.12. The number of hydrogen-bond donors (Lipinski definition) is 0. The first-order valence-corrected chi connectivity index (χ1v) is 11.0. The van der Waals surface area contributed by atoms with Gasteiger partial charge in [-0.05, 0) is 57.2 Å². The monoisotopic (exact) mass is 466 g/mol. The Bertz CT molecular complexity index is 1040. The van der Waals surface area contributed by atoms with E-state index in [-0.39, 0.29) is 19.2 Å². The molecular weight excluding hydrogens is 440 g/mol. The van der Waals surface area contributed by atoms with E-state index < -0.39 is 30.4 Å². The lowest BCUT2D eigenvalue weighted by molar-refractivity contribution is -0.163. The van der Waals surface area contributed by atoms with Gasteiger partial charge in [-0.1, -0.05) is 24.0 Å². The van der Waals surface area contributed by atoms with E-state index >= 15 is 0 Å². The molecule has 0 aliphatic carbocycles.